The summed E-state index contributed by atoms with van der Waals surface area (Å²) in [4.78, 5) is 14.9. The summed E-state index contributed by atoms with van der Waals surface area (Å²) in [5.41, 5.74) is 0.863. The molecule has 1 atom stereocenters. The van der Waals surface area contributed by atoms with E-state index in [-0.39, 0.29) is 11.3 Å². The van der Waals surface area contributed by atoms with E-state index in [0.29, 0.717) is 0 Å². The predicted octanol–water partition coefficient (Wildman–Crippen LogP) is 2.03. The first-order valence-corrected chi connectivity index (χ1v) is 7.30. The molecule has 0 saturated carbocycles. The highest BCUT2D eigenvalue weighted by atomic mass is 32.2. The summed E-state index contributed by atoms with van der Waals surface area (Å²) >= 11 is 3.04. The van der Waals surface area contributed by atoms with Crippen molar-refractivity contribution >= 4 is 29.2 Å². The van der Waals surface area contributed by atoms with Gasteiger partial charge in [0.2, 0.25) is 0 Å². The van der Waals surface area contributed by atoms with Gasteiger partial charge < -0.3 is 4.90 Å². The first-order valence-electron chi connectivity index (χ1n) is 5.47. The van der Waals surface area contributed by atoms with Crippen molar-refractivity contribution in [2.24, 2.45) is 0 Å². The highest BCUT2D eigenvalue weighted by molar-refractivity contribution is 8.00. The Hall–Kier alpha value is -0.620. The molecule has 2 rings (SSSR count). The van der Waals surface area contributed by atoms with Crippen LogP contribution in [-0.4, -0.2) is 38.1 Å². The molecule has 0 radical (unpaired) electrons. The Bertz CT molecular complexity index is 380. The molecule has 1 aromatic rings. The van der Waals surface area contributed by atoms with Gasteiger partial charge in [0.1, 0.15) is 4.88 Å². The second-order valence-electron chi connectivity index (χ2n) is 3.77. The topological polar surface area (TPSA) is 46.1 Å². The number of rotatable bonds is 3. The van der Waals surface area contributed by atoms with E-state index in [1.165, 1.54) is 11.5 Å². The van der Waals surface area contributed by atoms with E-state index in [0.717, 1.165) is 35.7 Å². The number of hydrogen-bond acceptors (Lipinski definition) is 5. The van der Waals surface area contributed by atoms with Crippen LogP contribution < -0.4 is 0 Å². The Morgan fingerprint density at radius 1 is 1.62 bits per heavy atom. The molecular formula is C10H15N3OS2. The molecule has 0 spiro atoms. The molecular weight excluding hydrogens is 242 g/mol. The van der Waals surface area contributed by atoms with Crippen molar-refractivity contribution in [1.82, 2.24) is 14.5 Å². The van der Waals surface area contributed by atoms with E-state index in [1.807, 2.05) is 16.7 Å². The summed E-state index contributed by atoms with van der Waals surface area (Å²) in [6.07, 6.45) is 1.84. The second kappa shape index (κ2) is 5.14. The fourth-order valence-corrected chi connectivity index (χ4v) is 3.45. The number of carbonyl (C=O) groups is 1. The average Bonchev–Trinajstić information content (AvgIpc) is 2.87. The van der Waals surface area contributed by atoms with Gasteiger partial charge in [0.05, 0.1) is 11.1 Å². The highest BCUT2D eigenvalue weighted by Crippen LogP contribution is 2.26. The Kier molecular flexibility index (Phi) is 3.81. The zero-order chi connectivity index (χ0) is 11.5. The van der Waals surface area contributed by atoms with E-state index in [9.17, 15) is 4.79 Å². The second-order valence-corrected chi connectivity index (χ2v) is 5.95. The molecule has 4 nitrogen and oxygen atoms in total. The fourth-order valence-electron chi connectivity index (χ4n) is 1.76. The number of nitrogens with zero attached hydrogens (tertiary/aromatic N) is 3. The molecule has 1 aliphatic rings. The summed E-state index contributed by atoms with van der Waals surface area (Å²) < 4.78 is 3.90. The third-order valence-corrected chi connectivity index (χ3v) is 4.54. The molecule has 1 unspecified atom stereocenters. The molecule has 1 aliphatic heterocycles. The van der Waals surface area contributed by atoms with E-state index in [2.05, 4.69) is 23.4 Å². The molecule has 0 aliphatic carbocycles. The van der Waals surface area contributed by atoms with Crippen molar-refractivity contribution in [3.63, 3.8) is 0 Å². The molecule has 88 valence electrons. The van der Waals surface area contributed by atoms with Crippen molar-refractivity contribution in [3.8, 4) is 0 Å². The molecule has 0 N–H and O–H groups in total. The number of amides is 1. The normalized spacial score (nSPS) is 20.4. The van der Waals surface area contributed by atoms with Gasteiger partial charge in [-0.1, -0.05) is 17.8 Å². The number of aromatic nitrogens is 2. The lowest BCUT2D eigenvalue weighted by Gasteiger charge is -2.19. The first-order chi connectivity index (χ1) is 7.74. The maximum Gasteiger partial charge on any atom is 0.268 e. The number of carbonyl (C=O) groups excluding carboxylic acids is 1. The van der Waals surface area contributed by atoms with Gasteiger partial charge >= 0.3 is 0 Å². The van der Waals surface area contributed by atoms with Gasteiger partial charge in [-0.2, -0.15) is 0 Å². The van der Waals surface area contributed by atoms with Crippen molar-refractivity contribution in [2.45, 2.75) is 32.1 Å². The maximum absolute atomic E-state index is 12.3. The molecule has 1 amide bonds. The van der Waals surface area contributed by atoms with Crippen LogP contribution in [-0.2, 0) is 6.42 Å². The molecule has 16 heavy (non-hydrogen) atoms. The third kappa shape index (κ3) is 2.22. The summed E-state index contributed by atoms with van der Waals surface area (Å²) in [5, 5.41) is 4.32. The molecule has 2 heterocycles. The number of hydrogen-bond donors (Lipinski definition) is 0. The third-order valence-electron chi connectivity index (χ3n) is 2.63. The summed E-state index contributed by atoms with van der Waals surface area (Å²) in [5.74, 6) is 1.14. The van der Waals surface area contributed by atoms with E-state index in [1.54, 1.807) is 0 Å². The average molecular weight is 257 g/mol. The lowest BCUT2D eigenvalue weighted by Crippen LogP contribution is -2.33. The standard InChI is InChI=1S/C10H15N3OS2/c1-3-4-8-9(16-12-11-8)10(14)13-5-6-15-7(13)2/h7H,3-6H2,1-2H3. The molecule has 0 aromatic carbocycles. The highest BCUT2D eigenvalue weighted by Gasteiger charge is 2.29. The number of aryl methyl sites for hydroxylation is 1. The lowest BCUT2D eigenvalue weighted by atomic mass is 10.2. The van der Waals surface area contributed by atoms with Crippen LogP contribution in [0.3, 0.4) is 0 Å². The summed E-state index contributed by atoms with van der Waals surface area (Å²) in [6.45, 7) is 5.00. The minimum Gasteiger partial charge on any atom is -0.325 e. The Morgan fingerprint density at radius 2 is 2.44 bits per heavy atom. The van der Waals surface area contributed by atoms with Crippen LogP contribution in [0.25, 0.3) is 0 Å². The van der Waals surface area contributed by atoms with Gasteiger partial charge in [-0.15, -0.1) is 16.9 Å². The number of thioether (sulfide) groups is 1. The van der Waals surface area contributed by atoms with Crippen LogP contribution in [0.2, 0.25) is 0 Å². The van der Waals surface area contributed by atoms with Gasteiger partial charge in [-0.25, -0.2) is 0 Å². The van der Waals surface area contributed by atoms with Crippen molar-refractivity contribution in [1.29, 1.82) is 0 Å². The minimum absolute atomic E-state index is 0.107. The van der Waals surface area contributed by atoms with Crippen LogP contribution in [0.5, 0.6) is 0 Å². The van der Waals surface area contributed by atoms with Crippen molar-refractivity contribution in [2.75, 3.05) is 12.3 Å². The van der Waals surface area contributed by atoms with E-state index >= 15 is 0 Å². The molecule has 1 aromatic heterocycles. The van der Waals surface area contributed by atoms with E-state index < -0.39 is 0 Å². The maximum atomic E-state index is 12.3. The molecule has 0 bridgehead atoms. The SMILES string of the molecule is CCCc1nnsc1C(=O)N1CCSC1C. The molecule has 1 saturated heterocycles. The van der Waals surface area contributed by atoms with Crippen LogP contribution in [0.1, 0.15) is 35.6 Å². The quantitative estimate of drug-likeness (QED) is 0.831. The molecule has 1 fully saturated rings. The van der Waals surface area contributed by atoms with Gasteiger partial charge in [0.15, 0.2) is 0 Å². The predicted molar refractivity (Wildman–Crippen MR) is 66.9 cm³/mol. The zero-order valence-electron chi connectivity index (χ0n) is 9.47. The fraction of sp³-hybridized carbons (Fsp3) is 0.700. The molecule has 6 heteroatoms. The van der Waals surface area contributed by atoms with Gasteiger partial charge in [0.25, 0.3) is 5.91 Å². The lowest BCUT2D eigenvalue weighted by molar-refractivity contribution is 0.0772. The van der Waals surface area contributed by atoms with Gasteiger partial charge in [-0.05, 0) is 24.9 Å². The Morgan fingerprint density at radius 3 is 3.06 bits per heavy atom. The van der Waals surface area contributed by atoms with Crippen LogP contribution in [0.15, 0.2) is 0 Å². The Labute approximate surface area is 104 Å². The van der Waals surface area contributed by atoms with E-state index in [4.69, 9.17) is 0 Å². The summed E-state index contributed by atoms with van der Waals surface area (Å²) in [7, 11) is 0. The van der Waals surface area contributed by atoms with Gasteiger partial charge in [0, 0.05) is 12.3 Å². The van der Waals surface area contributed by atoms with Gasteiger partial charge in [-0.3, -0.25) is 4.79 Å². The smallest absolute Gasteiger partial charge is 0.268 e. The largest absolute Gasteiger partial charge is 0.325 e. The minimum atomic E-state index is 0.107. The van der Waals surface area contributed by atoms with Crippen LogP contribution >= 0.6 is 23.3 Å². The van der Waals surface area contributed by atoms with Crippen LogP contribution in [0, 0.1) is 0 Å². The monoisotopic (exact) mass is 257 g/mol. The first kappa shape index (κ1) is 11.9. The van der Waals surface area contributed by atoms with Crippen molar-refractivity contribution in [3.05, 3.63) is 10.6 Å². The zero-order valence-corrected chi connectivity index (χ0v) is 11.1. The Balaban J connectivity index is 2.16. The van der Waals surface area contributed by atoms with Crippen LogP contribution in [0.4, 0.5) is 0 Å². The summed E-state index contributed by atoms with van der Waals surface area (Å²) in [6, 6.07) is 0. The van der Waals surface area contributed by atoms with Crippen molar-refractivity contribution < 1.29 is 4.79 Å².